The first kappa shape index (κ1) is 11.7. The molecule has 0 N–H and O–H groups in total. The van der Waals surface area contributed by atoms with Crippen molar-refractivity contribution in [3.63, 3.8) is 0 Å². The summed E-state index contributed by atoms with van der Waals surface area (Å²) in [6.45, 7) is 6.35. The van der Waals surface area contributed by atoms with E-state index in [1.54, 1.807) is 6.92 Å². The predicted octanol–water partition coefficient (Wildman–Crippen LogP) is 1.53. The Hall–Kier alpha value is -0.280. The molecule has 2 nitrogen and oxygen atoms in total. The smallest absolute Gasteiger partial charge is 0.214 e. The van der Waals surface area contributed by atoms with Crippen LogP contribution in [-0.4, -0.2) is 43.0 Å². The minimum atomic E-state index is 0.114. The molecule has 0 aliphatic carbocycles. The minimum Gasteiger partial charge on any atom is -0.330 e. The molecule has 0 aromatic heterocycles. The van der Waals surface area contributed by atoms with Gasteiger partial charge in [-0.05, 0) is 12.5 Å². The van der Waals surface area contributed by atoms with E-state index >= 15 is 0 Å². The SMILES string of the molecule is C=C(C)C(=O)SCC[N+](C)(C)C. The molecular formula is C9H18NOS+. The standard InChI is InChI=1S/C9H18NOS/c1-8(2)9(11)12-7-6-10(3,4)5/h1,6-7H2,2-5H3/q+1. The molecule has 0 aromatic rings. The largest absolute Gasteiger partial charge is 0.330 e. The predicted molar refractivity (Wildman–Crippen MR) is 55.2 cm³/mol. The van der Waals surface area contributed by atoms with Crippen molar-refractivity contribution < 1.29 is 9.28 Å². The summed E-state index contributed by atoms with van der Waals surface area (Å²) in [4.78, 5) is 11.1. The van der Waals surface area contributed by atoms with Gasteiger partial charge in [0.25, 0.3) is 0 Å². The Morgan fingerprint density at radius 2 is 1.92 bits per heavy atom. The van der Waals surface area contributed by atoms with E-state index in [0.717, 1.165) is 16.8 Å². The molecule has 0 aliphatic heterocycles. The number of nitrogens with zero attached hydrogens (tertiary/aromatic N) is 1. The van der Waals surface area contributed by atoms with Crippen LogP contribution < -0.4 is 0 Å². The first-order chi connectivity index (χ1) is 5.33. The Morgan fingerprint density at radius 3 is 2.25 bits per heavy atom. The van der Waals surface area contributed by atoms with Gasteiger partial charge in [-0.15, -0.1) is 0 Å². The summed E-state index contributed by atoms with van der Waals surface area (Å²) < 4.78 is 0.899. The molecule has 3 heteroatoms. The summed E-state index contributed by atoms with van der Waals surface area (Å²) >= 11 is 1.36. The van der Waals surface area contributed by atoms with Gasteiger partial charge in [0.05, 0.1) is 33.4 Å². The fourth-order valence-corrected chi connectivity index (χ4v) is 1.61. The Labute approximate surface area is 79.2 Å². The van der Waals surface area contributed by atoms with Gasteiger partial charge in [0.2, 0.25) is 5.12 Å². The van der Waals surface area contributed by atoms with Crippen molar-refractivity contribution >= 4 is 16.9 Å². The first-order valence-corrected chi connectivity index (χ1v) is 4.94. The van der Waals surface area contributed by atoms with Crippen LogP contribution in [0.2, 0.25) is 0 Å². The highest BCUT2D eigenvalue weighted by atomic mass is 32.2. The van der Waals surface area contributed by atoms with Gasteiger partial charge in [-0.25, -0.2) is 0 Å². The highest BCUT2D eigenvalue weighted by Gasteiger charge is 2.09. The number of hydrogen-bond acceptors (Lipinski definition) is 2. The van der Waals surface area contributed by atoms with E-state index in [9.17, 15) is 4.79 Å². The van der Waals surface area contributed by atoms with E-state index in [1.807, 2.05) is 0 Å². The van der Waals surface area contributed by atoms with Gasteiger partial charge < -0.3 is 4.48 Å². The third-order valence-corrected chi connectivity index (χ3v) is 2.34. The number of quaternary nitrogens is 1. The fraction of sp³-hybridized carbons (Fsp3) is 0.667. The zero-order valence-electron chi connectivity index (χ0n) is 8.39. The number of rotatable bonds is 4. The summed E-state index contributed by atoms with van der Waals surface area (Å²) in [6, 6.07) is 0. The minimum absolute atomic E-state index is 0.114. The summed E-state index contributed by atoms with van der Waals surface area (Å²) in [6.07, 6.45) is 0. The molecule has 0 unspecified atom stereocenters. The Morgan fingerprint density at radius 1 is 1.42 bits per heavy atom. The zero-order valence-corrected chi connectivity index (χ0v) is 9.20. The molecular weight excluding hydrogens is 170 g/mol. The summed E-state index contributed by atoms with van der Waals surface area (Å²) in [5.74, 6) is 0.870. The van der Waals surface area contributed by atoms with Gasteiger partial charge in [-0.2, -0.15) is 0 Å². The first-order valence-electron chi connectivity index (χ1n) is 3.96. The lowest BCUT2D eigenvalue weighted by atomic mass is 10.4. The van der Waals surface area contributed by atoms with Crippen molar-refractivity contribution in [2.75, 3.05) is 33.4 Å². The molecule has 0 aliphatic rings. The molecule has 0 heterocycles. The zero-order chi connectivity index (χ0) is 9.78. The highest BCUT2D eigenvalue weighted by Crippen LogP contribution is 2.09. The maximum atomic E-state index is 11.1. The normalized spacial score (nSPS) is 11.3. The summed E-state index contributed by atoms with van der Waals surface area (Å²) in [5.41, 5.74) is 0.640. The van der Waals surface area contributed by atoms with Gasteiger partial charge in [0.1, 0.15) is 0 Å². The van der Waals surface area contributed by atoms with E-state index in [1.165, 1.54) is 11.8 Å². The van der Waals surface area contributed by atoms with Gasteiger partial charge in [-0.1, -0.05) is 18.3 Å². The summed E-state index contributed by atoms with van der Waals surface area (Å²) in [7, 11) is 6.35. The second kappa shape index (κ2) is 4.67. The average molecular weight is 188 g/mol. The number of hydrogen-bond donors (Lipinski definition) is 0. The van der Waals surface area contributed by atoms with E-state index in [-0.39, 0.29) is 5.12 Å². The lowest BCUT2D eigenvalue weighted by Gasteiger charge is -2.23. The van der Waals surface area contributed by atoms with Crippen molar-refractivity contribution in [3.05, 3.63) is 12.2 Å². The van der Waals surface area contributed by atoms with Gasteiger partial charge >= 0.3 is 0 Å². The van der Waals surface area contributed by atoms with Crippen LogP contribution in [0, 0.1) is 0 Å². The van der Waals surface area contributed by atoms with Crippen LogP contribution in [0.1, 0.15) is 6.92 Å². The molecule has 12 heavy (non-hydrogen) atoms. The van der Waals surface area contributed by atoms with Crippen LogP contribution in [0.5, 0.6) is 0 Å². The Balaban J connectivity index is 3.58. The molecule has 0 atom stereocenters. The quantitative estimate of drug-likeness (QED) is 0.491. The lowest BCUT2D eigenvalue weighted by molar-refractivity contribution is -0.867. The van der Waals surface area contributed by atoms with Crippen LogP contribution in [0.25, 0.3) is 0 Å². The molecule has 0 saturated carbocycles. The van der Waals surface area contributed by atoms with Crippen LogP contribution in [0.4, 0.5) is 0 Å². The molecule has 70 valence electrons. The van der Waals surface area contributed by atoms with Crippen molar-refractivity contribution in [3.8, 4) is 0 Å². The maximum absolute atomic E-state index is 11.1. The number of carbonyl (C=O) groups excluding carboxylic acids is 1. The third kappa shape index (κ3) is 6.43. The number of carbonyl (C=O) groups is 1. The topological polar surface area (TPSA) is 17.1 Å². The molecule has 0 radical (unpaired) electrons. The van der Waals surface area contributed by atoms with Gasteiger partial charge in [-0.3, -0.25) is 4.79 Å². The van der Waals surface area contributed by atoms with Crippen LogP contribution >= 0.6 is 11.8 Å². The van der Waals surface area contributed by atoms with E-state index in [0.29, 0.717) is 5.57 Å². The molecule has 0 fully saturated rings. The van der Waals surface area contributed by atoms with Crippen LogP contribution in [0.3, 0.4) is 0 Å². The Bertz CT molecular complexity index is 181. The lowest BCUT2D eigenvalue weighted by Crippen LogP contribution is -2.36. The van der Waals surface area contributed by atoms with E-state index in [4.69, 9.17) is 0 Å². The molecule has 0 amide bonds. The van der Waals surface area contributed by atoms with E-state index < -0.39 is 0 Å². The van der Waals surface area contributed by atoms with Crippen molar-refractivity contribution in [1.82, 2.24) is 0 Å². The summed E-state index contributed by atoms with van der Waals surface area (Å²) in [5, 5.41) is 0.114. The fourth-order valence-electron chi connectivity index (χ4n) is 0.535. The van der Waals surface area contributed by atoms with Gasteiger partial charge in [0, 0.05) is 0 Å². The molecule has 0 bridgehead atoms. The van der Waals surface area contributed by atoms with Crippen molar-refractivity contribution in [1.29, 1.82) is 0 Å². The molecule has 0 aromatic carbocycles. The second-order valence-corrected chi connectivity index (χ2v) is 5.00. The van der Waals surface area contributed by atoms with Crippen molar-refractivity contribution in [2.24, 2.45) is 0 Å². The second-order valence-electron chi connectivity index (χ2n) is 3.93. The van der Waals surface area contributed by atoms with E-state index in [2.05, 4.69) is 27.7 Å². The highest BCUT2D eigenvalue weighted by molar-refractivity contribution is 8.14. The van der Waals surface area contributed by atoms with Crippen molar-refractivity contribution in [2.45, 2.75) is 6.92 Å². The van der Waals surface area contributed by atoms with Gasteiger partial charge in [0.15, 0.2) is 0 Å². The maximum Gasteiger partial charge on any atom is 0.214 e. The third-order valence-electron chi connectivity index (χ3n) is 1.34. The van der Waals surface area contributed by atoms with Crippen LogP contribution in [0.15, 0.2) is 12.2 Å². The monoisotopic (exact) mass is 188 g/mol. The molecule has 0 spiro atoms. The van der Waals surface area contributed by atoms with Crippen LogP contribution in [-0.2, 0) is 4.79 Å². The number of thioether (sulfide) groups is 1. The molecule has 0 rings (SSSR count). The Kier molecular flexibility index (Phi) is 4.57. The average Bonchev–Trinajstić information content (AvgIpc) is 1.84. The molecule has 0 saturated heterocycles.